The largest absolute Gasteiger partial charge is 0.481 e. The van der Waals surface area contributed by atoms with Gasteiger partial charge in [-0.1, -0.05) is 13.8 Å². The Kier molecular flexibility index (Phi) is 3.18. The second kappa shape index (κ2) is 5.14. The van der Waals surface area contributed by atoms with Gasteiger partial charge in [-0.15, -0.1) is 0 Å². The first kappa shape index (κ1) is 11.8. The van der Waals surface area contributed by atoms with Crippen LogP contribution in [0.3, 0.4) is 0 Å². The van der Waals surface area contributed by atoms with Crippen LogP contribution in [0.1, 0.15) is 37.2 Å². The molecule has 0 radical (unpaired) electrons. The maximum Gasteiger partial charge on any atom is 0.337 e. The van der Waals surface area contributed by atoms with Gasteiger partial charge in [0.15, 0.2) is 0 Å². The van der Waals surface area contributed by atoms with Crippen molar-refractivity contribution in [2.75, 3.05) is 7.11 Å². The van der Waals surface area contributed by atoms with Crippen molar-refractivity contribution in [1.82, 2.24) is 9.97 Å². The van der Waals surface area contributed by atoms with Crippen LogP contribution >= 0.6 is 0 Å². The lowest BCUT2D eigenvalue weighted by Crippen LogP contribution is -1.98. The van der Waals surface area contributed by atoms with Crippen molar-refractivity contribution in [2.24, 2.45) is 0 Å². The molecule has 5 nitrogen and oxygen atoms in total. The van der Waals surface area contributed by atoms with Crippen LogP contribution in [0.5, 0.6) is 5.88 Å². The van der Waals surface area contributed by atoms with Crippen molar-refractivity contribution in [2.45, 2.75) is 19.8 Å². The van der Waals surface area contributed by atoms with Crippen LogP contribution in [0.25, 0.3) is 11.3 Å². The highest BCUT2D eigenvalue weighted by Crippen LogP contribution is 2.32. The molecule has 0 saturated heterocycles. The molecule has 2 heterocycles. The van der Waals surface area contributed by atoms with E-state index < -0.39 is 5.97 Å². The SMILES string of the molecule is [2H]c1c(C(C)C)[nH]c(-c2cccnc2OC)c1C(=O)O. The molecule has 2 aromatic rings. The summed E-state index contributed by atoms with van der Waals surface area (Å²) in [7, 11) is 1.47. The number of carbonyl (C=O) groups is 1. The van der Waals surface area contributed by atoms with E-state index in [0.717, 1.165) is 0 Å². The van der Waals surface area contributed by atoms with E-state index >= 15 is 0 Å². The van der Waals surface area contributed by atoms with E-state index in [1.54, 1.807) is 18.3 Å². The van der Waals surface area contributed by atoms with Crippen LogP contribution in [0.2, 0.25) is 0 Å². The Balaban J connectivity index is 2.73. The van der Waals surface area contributed by atoms with Gasteiger partial charge in [0, 0.05) is 11.9 Å². The van der Waals surface area contributed by atoms with E-state index in [-0.39, 0.29) is 17.5 Å². The number of aromatic amines is 1. The normalized spacial score (nSPS) is 11.5. The molecule has 0 aromatic carbocycles. The number of hydrogen-bond donors (Lipinski definition) is 2. The zero-order valence-electron chi connectivity index (χ0n) is 12.0. The summed E-state index contributed by atoms with van der Waals surface area (Å²) < 4.78 is 13.2. The number of nitrogens with one attached hydrogen (secondary N) is 1. The smallest absolute Gasteiger partial charge is 0.337 e. The molecule has 0 spiro atoms. The summed E-state index contributed by atoms with van der Waals surface area (Å²) in [6, 6.07) is 3.42. The summed E-state index contributed by atoms with van der Waals surface area (Å²) in [5.41, 5.74) is 1.42. The number of aromatic nitrogens is 2. The lowest BCUT2D eigenvalue weighted by atomic mass is 10.1. The minimum atomic E-state index is -1.14. The lowest BCUT2D eigenvalue weighted by Gasteiger charge is -2.06. The molecule has 100 valence electrons. The highest BCUT2D eigenvalue weighted by Gasteiger charge is 2.20. The number of ether oxygens (including phenoxy) is 1. The standard InChI is InChI=1S/C14H16N2O3/c1-8(2)11-7-10(14(17)18)12(16-11)9-5-4-6-15-13(9)19-3/h4-8,16H,1-3H3,(H,17,18)/i7D. The van der Waals surface area contributed by atoms with E-state index in [2.05, 4.69) is 9.97 Å². The summed E-state index contributed by atoms with van der Waals surface area (Å²) in [6.07, 6.45) is 1.57. The summed E-state index contributed by atoms with van der Waals surface area (Å²) in [6.45, 7) is 3.81. The highest BCUT2D eigenvalue weighted by atomic mass is 16.5. The maximum atomic E-state index is 11.5. The fraction of sp³-hybridized carbons (Fsp3) is 0.286. The third-order valence-electron chi connectivity index (χ3n) is 2.79. The molecule has 0 unspecified atom stereocenters. The van der Waals surface area contributed by atoms with Crippen LogP contribution in [0.4, 0.5) is 0 Å². The Morgan fingerprint density at radius 3 is 2.89 bits per heavy atom. The number of aromatic carboxylic acids is 1. The van der Waals surface area contributed by atoms with E-state index in [1.165, 1.54) is 7.11 Å². The Labute approximate surface area is 112 Å². The Morgan fingerprint density at radius 2 is 2.32 bits per heavy atom. The number of carboxylic acids is 1. The molecule has 0 fully saturated rings. The van der Waals surface area contributed by atoms with Crippen LogP contribution in [0, 0.1) is 0 Å². The van der Waals surface area contributed by atoms with Gasteiger partial charge in [-0.3, -0.25) is 0 Å². The van der Waals surface area contributed by atoms with Gasteiger partial charge in [0.1, 0.15) is 0 Å². The van der Waals surface area contributed by atoms with Gasteiger partial charge >= 0.3 is 5.97 Å². The molecule has 2 aromatic heterocycles. The minimum Gasteiger partial charge on any atom is -0.481 e. The molecule has 0 aliphatic rings. The predicted octanol–water partition coefficient (Wildman–Crippen LogP) is 2.91. The van der Waals surface area contributed by atoms with Gasteiger partial charge in [-0.2, -0.15) is 0 Å². The number of carboxylic acid groups (broad SMARTS) is 1. The van der Waals surface area contributed by atoms with E-state index in [4.69, 9.17) is 6.11 Å². The molecule has 0 bridgehead atoms. The summed E-state index contributed by atoms with van der Waals surface area (Å²) in [4.78, 5) is 18.5. The first-order valence-electron chi connectivity index (χ1n) is 6.42. The van der Waals surface area contributed by atoms with Gasteiger partial charge in [0.05, 0.1) is 25.3 Å². The molecule has 0 aliphatic carbocycles. The first-order chi connectivity index (χ1) is 9.47. The maximum absolute atomic E-state index is 11.5. The van der Waals surface area contributed by atoms with E-state index in [1.807, 2.05) is 13.8 Å². The minimum absolute atomic E-state index is 0.00778. The second-order valence-corrected chi connectivity index (χ2v) is 4.43. The Bertz CT molecular complexity index is 650. The molecule has 2 rings (SSSR count). The molecule has 0 aliphatic heterocycles. The molecule has 19 heavy (non-hydrogen) atoms. The monoisotopic (exact) mass is 261 g/mol. The van der Waals surface area contributed by atoms with Crippen molar-refractivity contribution in [3.8, 4) is 17.1 Å². The zero-order valence-corrected chi connectivity index (χ0v) is 11.0. The van der Waals surface area contributed by atoms with Crippen LogP contribution in [-0.2, 0) is 0 Å². The second-order valence-electron chi connectivity index (χ2n) is 4.43. The van der Waals surface area contributed by atoms with Gasteiger partial charge in [-0.25, -0.2) is 9.78 Å². The van der Waals surface area contributed by atoms with Crippen molar-refractivity contribution in [3.05, 3.63) is 35.6 Å². The van der Waals surface area contributed by atoms with Crippen molar-refractivity contribution < 1.29 is 16.0 Å². The van der Waals surface area contributed by atoms with Crippen LogP contribution in [-0.4, -0.2) is 28.2 Å². The Morgan fingerprint density at radius 1 is 1.58 bits per heavy atom. The summed E-state index contributed by atoms with van der Waals surface area (Å²) in [5, 5.41) is 9.37. The number of rotatable bonds is 4. The Hall–Kier alpha value is -2.30. The van der Waals surface area contributed by atoms with Gasteiger partial charge in [-0.05, 0) is 24.1 Å². The lowest BCUT2D eigenvalue weighted by molar-refractivity contribution is 0.0698. The van der Waals surface area contributed by atoms with E-state index in [9.17, 15) is 9.90 Å². The molecular formula is C14H16N2O3. The summed E-state index contributed by atoms with van der Waals surface area (Å²) >= 11 is 0. The highest BCUT2D eigenvalue weighted by molar-refractivity contribution is 5.96. The van der Waals surface area contributed by atoms with Crippen molar-refractivity contribution in [1.29, 1.82) is 0 Å². The van der Waals surface area contributed by atoms with Crippen LogP contribution < -0.4 is 4.74 Å². The third-order valence-corrected chi connectivity index (χ3v) is 2.79. The average molecular weight is 261 g/mol. The average Bonchev–Trinajstić information content (AvgIpc) is 2.76. The molecular weight excluding hydrogens is 244 g/mol. The summed E-state index contributed by atoms with van der Waals surface area (Å²) in [5.74, 6) is -0.789. The number of methoxy groups -OCH3 is 1. The molecule has 0 saturated carbocycles. The fourth-order valence-electron chi connectivity index (χ4n) is 1.82. The molecule has 0 amide bonds. The first-order valence-corrected chi connectivity index (χ1v) is 5.92. The molecule has 0 atom stereocenters. The number of H-pyrrole nitrogens is 1. The van der Waals surface area contributed by atoms with Gasteiger partial charge < -0.3 is 14.8 Å². The number of hydrogen-bond acceptors (Lipinski definition) is 3. The third kappa shape index (κ3) is 2.45. The fourth-order valence-corrected chi connectivity index (χ4v) is 1.82. The molecule has 2 N–H and O–H groups in total. The van der Waals surface area contributed by atoms with Gasteiger partial charge in [0.25, 0.3) is 0 Å². The zero-order chi connectivity index (χ0) is 14.9. The van der Waals surface area contributed by atoms with E-state index in [0.29, 0.717) is 22.8 Å². The number of pyridine rings is 1. The topological polar surface area (TPSA) is 75.2 Å². The predicted molar refractivity (Wildman–Crippen MR) is 71.6 cm³/mol. The quantitative estimate of drug-likeness (QED) is 0.887. The molecule has 5 heteroatoms. The van der Waals surface area contributed by atoms with Gasteiger partial charge in [0.2, 0.25) is 5.88 Å². The number of nitrogens with zero attached hydrogens (tertiary/aromatic N) is 1. The van der Waals surface area contributed by atoms with Crippen molar-refractivity contribution in [3.63, 3.8) is 0 Å². The van der Waals surface area contributed by atoms with Crippen molar-refractivity contribution >= 4 is 5.97 Å². The van der Waals surface area contributed by atoms with Crippen LogP contribution in [0.15, 0.2) is 24.4 Å².